The highest BCUT2D eigenvalue weighted by molar-refractivity contribution is 5.95. The van der Waals surface area contributed by atoms with Crippen LogP contribution >= 0.6 is 0 Å². The van der Waals surface area contributed by atoms with E-state index in [0.717, 1.165) is 50.4 Å². The number of aromatic nitrogens is 8. The number of aromatic amines is 2. The number of imidazole rings is 1. The number of benzene rings is 1. The van der Waals surface area contributed by atoms with E-state index < -0.39 is 0 Å². The summed E-state index contributed by atoms with van der Waals surface area (Å²) in [7, 11) is 0. The lowest BCUT2D eigenvalue weighted by Crippen LogP contribution is -1.98. The van der Waals surface area contributed by atoms with Gasteiger partial charge in [-0.05, 0) is 47.5 Å². The normalized spacial score (nSPS) is 11.2. The van der Waals surface area contributed by atoms with Crippen LogP contribution in [-0.4, -0.2) is 40.1 Å². The Bertz CT molecular complexity index is 1960. The van der Waals surface area contributed by atoms with Gasteiger partial charge in [0.2, 0.25) is 0 Å². The summed E-state index contributed by atoms with van der Waals surface area (Å²) in [6.45, 7) is 4.16. The predicted molar refractivity (Wildman–Crippen MR) is 152 cm³/mol. The van der Waals surface area contributed by atoms with Gasteiger partial charge < -0.3 is 10.3 Å². The van der Waals surface area contributed by atoms with E-state index in [0.29, 0.717) is 22.7 Å². The summed E-state index contributed by atoms with van der Waals surface area (Å²) in [5, 5.41) is 10.9. The van der Waals surface area contributed by atoms with Gasteiger partial charge in [0.25, 0.3) is 0 Å². The van der Waals surface area contributed by atoms with Crippen LogP contribution in [0.4, 0.5) is 5.69 Å². The minimum atomic E-state index is 0.586. The first-order chi connectivity index (χ1) is 19.2. The first-order valence-corrected chi connectivity index (χ1v) is 12.3. The predicted octanol–water partition coefficient (Wildman–Crippen LogP) is 6.10. The Morgan fingerprint density at radius 2 is 1.67 bits per heavy atom. The average Bonchev–Trinajstić information content (AvgIpc) is 3.62. The smallest absolute Gasteiger partial charge is 0.162 e. The zero-order valence-electron chi connectivity index (χ0n) is 20.6. The molecule has 0 unspecified atom stereocenters. The number of anilines is 1. The van der Waals surface area contributed by atoms with Crippen LogP contribution < -0.4 is 5.32 Å². The third kappa shape index (κ3) is 4.17. The van der Waals surface area contributed by atoms with E-state index in [9.17, 15) is 0 Å². The Morgan fingerprint density at radius 3 is 2.54 bits per heavy atom. The van der Waals surface area contributed by atoms with Gasteiger partial charge in [-0.15, -0.1) is 0 Å². The summed E-state index contributed by atoms with van der Waals surface area (Å²) in [4.78, 5) is 26.1. The molecule has 0 amide bonds. The van der Waals surface area contributed by atoms with E-state index in [2.05, 4.69) is 42.0 Å². The molecule has 0 aliphatic rings. The molecular formula is C30H21N9. The van der Waals surface area contributed by atoms with Crippen molar-refractivity contribution < 1.29 is 0 Å². The van der Waals surface area contributed by atoms with E-state index >= 15 is 0 Å². The molecule has 0 fully saturated rings. The van der Waals surface area contributed by atoms with Gasteiger partial charge in [-0.3, -0.25) is 15.1 Å². The average molecular weight is 508 g/mol. The van der Waals surface area contributed by atoms with Crippen molar-refractivity contribution in [2.24, 2.45) is 0 Å². The molecule has 0 radical (unpaired) electrons. The van der Waals surface area contributed by atoms with Gasteiger partial charge in [0.05, 0.1) is 23.1 Å². The fraction of sp³-hybridized carbons (Fsp3) is 0. The molecule has 39 heavy (non-hydrogen) atoms. The lowest BCUT2D eigenvalue weighted by atomic mass is 10.1. The van der Waals surface area contributed by atoms with Crippen LogP contribution in [0.15, 0.2) is 104 Å². The van der Waals surface area contributed by atoms with Crippen LogP contribution in [-0.2, 0) is 0 Å². The summed E-state index contributed by atoms with van der Waals surface area (Å²) < 4.78 is 0. The van der Waals surface area contributed by atoms with Crippen molar-refractivity contribution in [1.82, 2.24) is 40.1 Å². The van der Waals surface area contributed by atoms with Crippen molar-refractivity contribution in [2.75, 3.05) is 5.32 Å². The number of fused-ring (bicyclic) bond motifs is 2. The van der Waals surface area contributed by atoms with Crippen molar-refractivity contribution in [1.29, 1.82) is 0 Å². The Kier molecular flexibility index (Phi) is 5.37. The molecular weight excluding hydrogens is 486 g/mol. The van der Waals surface area contributed by atoms with Crippen molar-refractivity contribution >= 4 is 33.6 Å². The Labute approximate surface area is 222 Å². The van der Waals surface area contributed by atoms with Gasteiger partial charge in [-0.2, -0.15) is 5.10 Å². The summed E-state index contributed by atoms with van der Waals surface area (Å²) in [5.41, 5.74) is 9.77. The largest absolute Gasteiger partial charge is 0.354 e. The van der Waals surface area contributed by atoms with Crippen LogP contribution in [0.1, 0.15) is 5.56 Å². The number of nitrogens with zero attached hydrogens (tertiary/aromatic N) is 6. The molecule has 7 aromatic rings. The van der Waals surface area contributed by atoms with E-state index in [1.54, 1.807) is 31.0 Å². The molecule has 0 saturated carbocycles. The van der Waals surface area contributed by atoms with Crippen LogP contribution in [0, 0.1) is 0 Å². The van der Waals surface area contributed by atoms with Gasteiger partial charge in [-0.1, -0.05) is 36.9 Å². The standard InChI is InChI=1S/C30H21N9/c1-18(19-5-3-2-4-6-19)34-22-15-21(16-32-17-22)24-7-8-25-27(35-24)28(39-38-25)30-36-26-23(11-14-33-29(26)37-30)20-9-12-31-13-10-20/h2-17,34H,1H2,(H,38,39)(H,33,36,37). The molecule has 0 saturated heterocycles. The molecule has 6 aromatic heterocycles. The van der Waals surface area contributed by atoms with Gasteiger partial charge >= 0.3 is 0 Å². The molecule has 0 spiro atoms. The van der Waals surface area contributed by atoms with Crippen molar-refractivity contribution in [3.05, 3.63) is 110 Å². The molecule has 0 atom stereocenters. The number of hydrogen-bond donors (Lipinski definition) is 3. The van der Waals surface area contributed by atoms with Gasteiger partial charge in [0.15, 0.2) is 17.2 Å². The highest BCUT2D eigenvalue weighted by atomic mass is 15.2. The number of nitrogens with one attached hydrogen (secondary N) is 3. The highest BCUT2D eigenvalue weighted by Crippen LogP contribution is 2.31. The van der Waals surface area contributed by atoms with E-state index in [-0.39, 0.29) is 0 Å². The SMILES string of the molecule is C=C(Nc1cncc(-c2ccc3[nH]nc(-c4nc5c(-c6ccncc6)ccnc5[nH]4)c3n2)c1)c1ccccc1. The number of hydrogen-bond acceptors (Lipinski definition) is 7. The number of rotatable bonds is 6. The van der Waals surface area contributed by atoms with Gasteiger partial charge in [0, 0.05) is 41.6 Å². The second kappa shape index (κ2) is 9.31. The fourth-order valence-electron chi connectivity index (χ4n) is 4.55. The summed E-state index contributed by atoms with van der Waals surface area (Å²) in [6, 6.07) is 21.7. The Balaban J connectivity index is 1.25. The summed E-state index contributed by atoms with van der Waals surface area (Å²) in [5.74, 6) is 0.586. The second-order valence-electron chi connectivity index (χ2n) is 8.97. The van der Waals surface area contributed by atoms with Crippen LogP contribution in [0.25, 0.3) is 61.8 Å². The molecule has 9 heteroatoms. The second-order valence-corrected chi connectivity index (χ2v) is 8.97. The van der Waals surface area contributed by atoms with E-state index in [4.69, 9.17) is 9.97 Å². The molecule has 0 aliphatic carbocycles. The van der Waals surface area contributed by atoms with E-state index in [1.807, 2.05) is 66.7 Å². The molecule has 0 aliphatic heterocycles. The molecule has 0 bridgehead atoms. The zero-order valence-corrected chi connectivity index (χ0v) is 20.6. The maximum absolute atomic E-state index is 4.94. The van der Waals surface area contributed by atoms with Gasteiger partial charge in [-0.25, -0.2) is 15.0 Å². The quantitative estimate of drug-likeness (QED) is 0.249. The molecule has 6 heterocycles. The zero-order chi connectivity index (χ0) is 26.2. The van der Waals surface area contributed by atoms with Crippen molar-refractivity contribution in [3.8, 4) is 33.9 Å². The van der Waals surface area contributed by atoms with Crippen molar-refractivity contribution in [2.45, 2.75) is 0 Å². The third-order valence-corrected chi connectivity index (χ3v) is 6.46. The molecule has 3 N–H and O–H groups in total. The monoisotopic (exact) mass is 507 g/mol. The van der Waals surface area contributed by atoms with Crippen molar-refractivity contribution in [3.63, 3.8) is 0 Å². The molecule has 7 rings (SSSR count). The minimum absolute atomic E-state index is 0.586. The summed E-state index contributed by atoms with van der Waals surface area (Å²) in [6.07, 6.45) is 8.84. The number of pyridine rings is 4. The maximum Gasteiger partial charge on any atom is 0.162 e. The van der Waals surface area contributed by atoms with Crippen LogP contribution in [0.2, 0.25) is 0 Å². The fourth-order valence-corrected chi connectivity index (χ4v) is 4.55. The first kappa shape index (κ1) is 22.5. The van der Waals surface area contributed by atoms with Gasteiger partial charge in [0.1, 0.15) is 11.0 Å². The summed E-state index contributed by atoms with van der Waals surface area (Å²) >= 11 is 0. The Morgan fingerprint density at radius 1 is 0.795 bits per heavy atom. The third-order valence-electron chi connectivity index (χ3n) is 6.46. The van der Waals surface area contributed by atoms with E-state index in [1.165, 1.54) is 0 Å². The molecule has 1 aromatic carbocycles. The lowest BCUT2D eigenvalue weighted by Gasteiger charge is -2.10. The first-order valence-electron chi connectivity index (χ1n) is 12.3. The highest BCUT2D eigenvalue weighted by Gasteiger charge is 2.17. The topological polar surface area (TPSA) is 121 Å². The van der Waals surface area contributed by atoms with Crippen LogP contribution in [0.3, 0.4) is 0 Å². The molecule has 186 valence electrons. The van der Waals surface area contributed by atoms with Crippen LogP contribution in [0.5, 0.6) is 0 Å². The minimum Gasteiger partial charge on any atom is -0.354 e. The maximum atomic E-state index is 4.94. The lowest BCUT2D eigenvalue weighted by molar-refractivity contribution is 1.10. The number of H-pyrrole nitrogens is 2. The Hall–Kier alpha value is -5.70. The molecule has 9 nitrogen and oxygen atoms in total.